The van der Waals surface area contributed by atoms with Gasteiger partial charge in [0, 0.05) is 57.0 Å². The first-order valence-electron chi connectivity index (χ1n) is 10.6. The summed E-state index contributed by atoms with van der Waals surface area (Å²) in [5.74, 6) is 0.852. The predicted octanol–water partition coefficient (Wildman–Crippen LogP) is 3.92. The van der Waals surface area contributed by atoms with Gasteiger partial charge in [-0.25, -0.2) is 0 Å². The lowest BCUT2D eigenvalue weighted by molar-refractivity contribution is 0.181. The summed E-state index contributed by atoms with van der Waals surface area (Å²) in [5.41, 5.74) is 2.83. The number of nitrogens with one attached hydrogen (secondary N) is 2. The van der Waals surface area contributed by atoms with E-state index in [0.717, 1.165) is 51.5 Å². The number of fused-ring (bicyclic) bond motifs is 1. The van der Waals surface area contributed by atoms with E-state index in [0.29, 0.717) is 6.04 Å². The number of aromatic nitrogens is 2. The lowest BCUT2D eigenvalue weighted by Crippen LogP contribution is -2.44. The minimum Gasteiger partial charge on any atom is -0.356 e. The topological polar surface area (TPSA) is 57.5 Å². The molecule has 6 nitrogen and oxygen atoms in total. The Morgan fingerprint density at radius 2 is 2.06 bits per heavy atom. The molecule has 1 atom stereocenters. The van der Waals surface area contributed by atoms with Gasteiger partial charge in [0.1, 0.15) is 0 Å². The molecule has 2 aromatic heterocycles. The summed E-state index contributed by atoms with van der Waals surface area (Å²) in [4.78, 5) is 8.54. The Hall–Kier alpha value is -1.91. The number of rotatable bonds is 8. The molecule has 1 aromatic carbocycles. The van der Waals surface area contributed by atoms with E-state index in [2.05, 4.69) is 67.4 Å². The van der Waals surface area contributed by atoms with E-state index >= 15 is 0 Å². The van der Waals surface area contributed by atoms with Crippen LogP contribution >= 0.6 is 35.3 Å². The minimum absolute atomic E-state index is 0. The normalized spacial score (nSPS) is 15.1. The van der Waals surface area contributed by atoms with Crippen LogP contribution in [0.4, 0.5) is 0 Å². The van der Waals surface area contributed by atoms with E-state index in [-0.39, 0.29) is 24.0 Å². The Balaban J connectivity index is 0.00000272. The minimum atomic E-state index is 0. The maximum Gasteiger partial charge on any atom is 0.191 e. The average Bonchev–Trinajstić information content (AvgIpc) is 3.47. The summed E-state index contributed by atoms with van der Waals surface area (Å²) >= 11 is 1.89. The Labute approximate surface area is 205 Å². The van der Waals surface area contributed by atoms with Crippen LogP contribution in [0.5, 0.6) is 0 Å². The van der Waals surface area contributed by atoms with Crippen LogP contribution in [0.15, 0.2) is 65.2 Å². The molecule has 0 saturated carbocycles. The Morgan fingerprint density at radius 1 is 1.19 bits per heavy atom. The van der Waals surface area contributed by atoms with Crippen LogP contribution in [0.3, 0.4) is 0 Å². The van der Waals surface area contributed by atoms with Gasteiger partial charge in [-0.15, -0.1) is 35.3 Å². The highest BCUT2D eigenvalue weighted by Gasteiger charge is 2.25. The summed E-state index contributed by atoms with van der Waals surface area (Å²) in [6.45, 7) is 4.68. The molecule has 8 heteroatoms. The van der Waals surface area contributed by atoms with Crippen molar-refractivity contribution in [3.05, 3.63) is 76.2 Å². The molecule has 2 N–H and O–H groups in total. The van der Waals surface area contributed by atoms with Crippen molar-refractivity contribution >= 4 is 41.3 Å². The number of aryl methyl sites for hydroxylation is 1. The molecular formula is C23H31IN6S. The summed E-state index contributed by atoms with van der Waals surface area (Å²) in [6, 6.07) is 15.4. The number of benzene rings is 1. The second-order valence-corrected chi connectivity index (χ2v) is 8.52. The van der Waals surface area contributed by atoms with Gasteiger partial charge in [-0.1, -0.05) is 30.3 Å². The van der Waals surface area contributed by atoms with Gasteiger partial charge >= 0.3 is 0 Å². The molecule has 0 aliphatic carbocycles. The highest BCUT2D eigenvalue weighted by Crippen LogP contribution is 2.30. The second-order valence-electron chi connectivity index (χ2n) is 7.52. The van der Waals surface area contributed by atoms with Crippen LogP contribution in [0.1, 0.15) is 28.5 Å². The summed E-state index contributed by atoms with van der Waals surface area (Å²) in [6.07, 6.45) is 5.95. The standard InChI is InChI=1S/C23H30N6S.HI/c1-24-23(25-11-5-13-29-14-6-12-27-29)26-17-21(19-7-3-2-4-8-19)28-15-9-22-20(18-28)10-16-30-22;/h2-4,6-8,10,12,14,16,21H,5,9,11,13,15,17-18H2,1H3,(H2,24,25,26);1H. The van der Waals surface area contributed by atoms with Crippen molar-refractivity contribution in [1.82, 2.24) is 25.3 Å². The fourth-order valence-electron chi connectivity index (χ4n) is 3.96. The van der Waals surface area contributed by atoms with Crippen LogP contribution in [0.2, 0.25) is 0 Å². The van der Waals surface area contributed by atoms with Gasteiger partial charge in [0.05, 0.1) is 6.04 Å². The number of thiophene rings is 1. The van der Waals surface area contributed by atoms with Crippen molar-refractivity contribution in [1.29, 1.82) is 0 Å². The van der Waals surface area contributed by atoms with E-state index in [1.807, 2.05) is 41.5 Å². The molecule has 1 aliphatic heterocycles. The fourth-order valence-corrected chi connectivity index (χ4v) is 4.85. The highest BCUT2D eigenvalue weighted by molar-refractivity contribution is 14.0. The molecule has 31 heavy (non-hydrogen) atoms. The zero-order chi connectivity index (χ0) is 20.6. The van der Waals surface area contributed by atoms with Gasteiger partial charge < -0.3 is 10.6 Å². The second kappa shape index (κ2) is 12.2. The summed E-state index contributed by atoms with van der Waals surface area (Å²) in [7, 11) is 1.83. The number of nitrogens with zero attached hydrogens (tertiary/aromatic N) is 4. The molecule has 0 saturated heterocycles. The van der Waals surface area contributed by atoms with Gasteiger partial charge in [-0.2, -0.15) is 5.10 Å². The third-order valence-electron chi connectivity index (χ3n) is 5.56. The molecule has 0 amide bonds. The van der Waals surface area contributed by atoms with Crippen LogP contribution in [0.25, 0.3) is 0 Å². The third kappa shape index (κ3) is 6.54. The molecule has 3 aromatic rings. The first-order chi connectivity index (χ1) is 14.8. The average molecular weight is 551 g/mol. The number of hydrogen-bond donors (Lipinski definition) is 2. The number of guanidine groups is 1. The van der Waals surface area contributed by atoms with Gasteiger partial charge in [-0.3, -0.25) is 14.6 Å². The molecule has 0 bridgehead atoms. The molecule has 3 heterocycles. The van der Waals surface area contributed by atoms with Crippen LogP contribution in [-0.2, 0) is 19.5 Å². The smallest absolute Gasteiger partial charge is 0.191 e. The lowest BCUT2D eigenvalue weighted by atomic mass is 10.0. The first-order valence-corrected chi connectivity index (χ1v) is 11.5. The first kappa shape index (κ1) is 23.7. The van der Waals surface area contributed by atoms with Gasteiger partial charge in [0.15, 0.2) is 5.96 Å². The van der Waals surface area contributed by atoms with Crippen molar-refractivity contribution in [2.45, 2.75) is 32.0 Å². The molecule has 0 radical (unpaired) electrons. The Kier molecular flexibility index (Phi) is 9.35. The Bertz CT molecular complexity index is 925. The predicted molar refractivity (Wildman–Crippen MR) is 139 cm³/mol. The largest absolute Gasteiger partial charge is 0.356 e. The number of halogens is 1. The molecule has 1 unspecified atom stereocenters. The van der Waals surface area contributed by atoms with Crippen molar-refractivity contribution in [3.63, 3.8) is 0 Å². The lowest BCUT2D eigenvalue weighted by Gasteiger charge is -2.35. The van der Waals surface area contributed by atoms with E-state index in [4.69, 9.17) is 0 Å². The maximum atomic E-state index is 4.42. The summed E-state index contributed by atoms with van der Waals surface area (Å²) < 4.78 is 1.96. The van der Waals surface area contributed by atoms with E-state index in [1.54, 1.807) is 4.88 Å². The number of hydrogen-bond acceptors (Lipinski definition) is 4. The van der Waals surface area contributed by atoms with Gasteiger partial charge in [-0.05, 0) is 41.5 Å². The monoisotopic (exact) mass is 550 g/mol. The van der Waals surface area contributed by atoms with Crippen molar-refractivity contribution in [2.24, 2.45) is 4.99 Å². The van der Waals surface area contributed by atoms with Gasteiger partial charge in [0.25, 0.3) is 0 Å². The molecule has 0 fully saturated rings. The molecule has 0 spiro atoms. The van der Waals surface area contributed by atoms with Crippen LogP contribution < -0.4 is 10.6 Å². The molecule has 4 rings (SSSR count). The summed E-state index contributed by atoms with van der Waals surface area (Å²) in [5, 5.41) is 13.5. The molecule has 1 aliphatic rings. The van der Waals surface area contributed by atoms with Crippen molar-refractivity contribution in [3.8, 4) is 0 Å². The highest BCUT2D eigenvalue weighted by atomic mass is 127. The molecule has 166 valence electrons. The van der Waals surface area contributed by atoms with E-state index in [1.165, 1.54) is 11.1 Å². The quantitative estimate of drug-likeness (QED) is 0.193. The SMILES string of the molecule is CN=C(NCCCn1cccn1)NCC(c1ccccc1)N1CCc2sccc2C1.I. The van der Waals surface area contributed by atoms with Crippen LogP contribution in [-0.4, -0.2) is 47.3 Å². The van der Waals surface area contributed by atoms with E-state index in [9.17, 15) is 0 Å². The Morgan fingerprint density at radius 3 is 2.84 bits per heavy atom. The molecular weight excluding hydrogens is 519 g/mol. The number of aliphatic imine (C=N–C) groups is 1. The zero-order valence-corrected chi connectivity index (χ0v) is 21.1. The van der Waals surface area contributed by atoms with Crippen molar-refractivity contribution in [2.75, 3.05) is 26.7 Å². The zero-order valence-electron chi connectivity index (χ0n) is 17.9. The van der Waals surface area contributed by atoms with E-state index < -0.39 is 0 Å². The van der Waals surface area contributed by atoms with Crippen LogP contribution in [0, 0.1) is 0 Å². The third-order valence-corrected chi connectivity index (χ3v) is 6.59. The maximum absolute atomic E-state index is 4.42. The fraction of sp³-hybridized carbons (Fsp3) is 0.391. The van der Waals surface area contributed by atoms with Crippen molar-refractivity contribution < 1.29 is 0 Å². The van der Waals surface area contributed by atoms with Gasteiger partial charge in [0.2, 0.25) is 0 Å².